The second-order valence-corrected chi connectivity index (χ2v) is 7.21. The van der Waals surface area contributed by atoms with Crippen molar-refractivity contribution in [3.05, 3.63) is 65.2 Å². The standard InChI is InChI=1S/C21H25N3O3/c1-23(2)19(11-14-7-9-17(25)10-8-14)21(27)24-13-16-6-4-3-5-15(16)12-18(24)20(22)26/h3-10,18-19,25H,11-13H2,1-2H3,(H2,22,26)/t18-,19-/m0/s1. The van der Waals surface area contributed by atoms with Crippen molar-refractivity contribution >= 4 is 11.8 Å². The van der Waals surface area contributed by atoms with E-state index in [0.717, 1.165) is 16.7 Å². The number of likely N-dealkylation sites (N-methyl/N-ethyl adjacent to an activating group) is 1. The van der Waals surface area contributed by atoms with E-state index in [4.69, 9.17) is 5.73 Å². The number of carbonyl (C=O) groups excluding carboxylic acids is 2. The summed E-state index contributed by atoms with van der Waals surface area (Å²) in [6.07, 6.45) is 0.923. The van der Waals surface area contributed by atoms with Gasteiger partial charge in [0, 0.05) is 13.0 Å². The molecule has 2 atom stereocenters. The van der Waals surface area contributed by atoms with Gasteiger partial charge in [0.15, 0.2) is 0 Å². The molecule has 1 aliphatic heterocycles. The van der Waals surface area contributed by atoms with Crippen molar-refractivity contribution in [1.82, 2.24) is 9.80 Å². The molecular weight excluding hydrogens is 342 g/mol. The van der Waals surface area contributed by atoms with Crippen LogP contribution in [-0.2, 0) is 29.0 Å². The molecule has 2 amide bonds. The van der Waals surface area contributed by atoms with Crippen molar-refractivity contribution in [3.63, 3.8) is 0 Å². The Morgan fingerprint density at radius 1 is 1.15 bits per heavy atom. The normalized spacial score (nSPS) is 17.4. The number of hydrogen-bond donors (Lipinski definition) is 2. The van der Waals surface area contributed by atoms with Gasteiger partial charge >= 0.3 is 0 Å². The Morgan fingerprint density at radius 3 is 2.37 bits per heavy atom. The summed E-state index contributed by atoms with van der Waals surface area (Å²) in [5.74, 6) is -0.417. The fourth-order valence-electron chi connectivity index (χ4n) is 3.55. The Balaban J connectivity index is 1.87. The van der Waals surface area contributed by atoms with E-state index in [1.54, 1.807) is 29.2 Å². The van der Waals surface area contributed by atoms with Gasteiger partial charge in [0.2, 0.25) is 11.8 Å². The van der Waals surface area contributed by atoms with E-state index in [2.05, 4.69) is 0 Å². The molecule has 1 heterocycles. The highest BCUT2D eigenvalue weighted by molar-refractivity contribution is 5.90. The lowest BCUT2D eigenvalue weighted by molar-refractivity contribution is -0.144. The number of benzene rings is 2. The molecule has 6 nitrogen and oxygen atoms in total. The van der Waals surface area contributed by atoms with E-state index in [-0.39, 0.29) is 11.7 Å². The number of rotatable bonds is 5. The SMILES string of the molecule is CN(C)[C@@H](Cc1ccc(O)cc1)C(=O)N1Cc2ccccc2C[C@H]1C(N)=O. The number of fused-ring (bicyclic) bond motifs is 1. The fraction of sp³-hybridized carbons (Fsp3) is 0.333. The lowest BCUT2D eigenvalue weighted by atomic mass is 9.92. The van der Waals surface area contributed by atoms with Crippen molar-refractivity contribution in [1.29, 1.82) is 0 Å². The minimum absolute atomic E-state index is 0.119. The summed E-state index contributed by atoms with van der Waals surface area (Å²) >= 11 is 0. The predicted molar refractivity (Wildman–Crippen MR) is 103 cm³/mol. The summed E-state index contributed by atoms with van der Waals surface area (Å²) in [6, 6.07) is 13.6. The first kappa shape index (κ1) is 18.9. The van der Waals surface area contributed by atoms with Crippen LogP contribution >= 0.6 is 0 Å². The summed E-state index contributed by atoms with van der Waals surface area (Å²) in [5, 5.41) is 9.46. The molecule has 0 aliphatic carbocycles. The highest BCUT2D eigenvalue weighted by atomic mass is 16.3. The lowest BCUT2D eigenvalue weighted by Gasteiger charge is -2.38. The van der Waals surface area contributed by atoms with Crippen LogP contribution in [0.25, 0.3) is 0 Å². The first-order valence-corrected chi connectivity index (χ1v) is 8.97. The summed E-state index contributed by atoms with van der Waals surface area (Å²) < 4.78 is 0. The molecule has 0 bridgehead atoms. The van der Waals surface area contributed by atoms with E-state index >= 15 is 0 Å². The maximum absolute atomic E-state index is 13.4. The zero-order valence-electron chi connectivity index (χ0n) is 15.6. The number of amides is 2. The number of hydrogen-bond acceptors (Lipinski definition) is 4. The molecule has 0 saturated heterocycles. The number of phenols is 1. The fourth-order valence-corrected chi connectivity index (χ4v) is 3.55. The van der Waals surface area contributed by atoms with Crippen LogP contribution in [0, 0.1) is 0 Å². The van der Waals surface area contributed by atoms with Crippen LogP contribution in [0.1, 0.15) is 16.7 Å². The van der Waals surface area contributed by atoms with Crippen LogP contribution in [0.3, 0.4) is 0 Å². The lowest BCUT2D eigenvalue weighted by Crippen LogP contribution is -2.56. The van der Waals surface area contributed by atoms with E-state index in [1.807, 2.05) is 43.3 Å². The largest absolute Gasteiger partial charge is 0.508 e. The topological polar surface area (TPSA) is 86.9 Å². The molecule has 6 heteroatoms. The third-order valence-corrected chi connectivity index (χ3v) is 5.13. The van der Waals surface area contributed by atoms with E-state index in [1.165, 1.54) is 0 Å². The maximum Gasteiger partial charge on any atom is 0.241 e. The summed E-state index contributed by atoms with van der Waals surface area (Å²) in [4.78, 5) is 28.9. The van der Waals surface area contributed by atoms with Crippen LogP contribution in [0.15, 0.2) is 48.5 Å². The van der Waals surface area contributed by atoms with Crippen molar-refractivity contribution in [3.8, 4) is 5.75 Å². The first-order valence-electron chi connectivity index (χ1n) is 8.97. The summed E-state index contributed by atoms with van der Waals surface area (Å²) in [6.45, 7) is 0.378. The highest BCUT2D eigenvalue weighted by Gasteiger charge is 2.37. The van der Waals surface area contributed by atoms with Crippen molar-refractivity contribution in [2.45, 2.75) is 31.5 Å². The summed E-state index contributed by atoms with van der Waals surface area (Å²) in [5.41, 5.74) is 8.67. The monoisotopic (exact) mass is 367 g/mol. The Labute approximate surface area is 159 Å². The molecule has 3 N–H and O–H groups in total. The van der Waals surface area contributed by atoms with E-state index < -0.39 is 18.0 Å². The zero-order valence-corrected chi connectivity index (χ0v) is 15.6. The third-order valence-electron chi connectivity index (χ3n) is 5.13. The van der Waals surface area contributed by atoms with Gasteiger partial charge in [-0.1, -0.05) is 36.4 Å². The van der Waals surface area contributed by atoms with Crippen LogP contribution < -0.4 is 5.73 Å². The van der Waals surface area contributed by atoms with Crippen molar-refractivity contribution in [2.24, 2.45) is 5.73 Å². The molecule has 0 spiro atoms. The number of phenolic OH excluding ortho intramolecular Hbond substituents is 1. The maximum atomic E-state index is 13.4. The Kier molecular flexibility index (Phi) is 5.46. The molecule has 1 aliphatic rings. The minimum atomic E-state index is -0.644. The Hall–Kier alpha value is -2.86. The minimum Gasteiger partial charge on any atom is -0.508 e. The molecule has 3 rings (SSSR count). The van der Waals surface area contributed by atoms with Gasteiger partial charge in [0.1, 0.15) is 11.8 Å². The van der Waals surface area contributed by atoms with Crippen LogP contribution in [0.5, 0.6) is 5.75 Å². The number of nitrogens with zero attached hydrogens (tertiary/aromatic N) is 2. The van der Waals surface area contributed by atoms with Gasteiger partial charge in [0.25, 0.3) is 0 Å². The van der Waals surface area contributed by atoms with Crippen molar-refractivity contribution in [2.75, 3.05) is 14.1 Å². The molecule has 142 valence electrons. The molecular formula is C21H25N3O3. The van der Waals surface area contributed by atoms with Crippen LogP contribution in [-0.4, -0.2) is 52.9 Å². The molecule has 2 aromatic rings. The van der Waals surface area contributed by atoms with Gasteiger partial charge in [-0.05, 0) is 49.3 Å². The molecule has 0 fully saturated rings. The second kappa shape index (κ2) is 7.80. The van der Waals surface area contributed by atoms with Gasteiger partial charge in [-0.2, -0.15) is 0 Å². The molecule has 0 saturated carbocycles. The van der Waals surface area contributed by atoms with Gasteiger partial charge in [-0.25, -0.2) is 0 Å². The average molecular weight is 367 g/mol. The number of carbonyl (C=O) groups is 2. The second-order valence-electron chi connectivity index (χ2n) is 7.21. The highest BCUT2D eigenvalue weighted by Crippen LogP contribution is 2.25. The predicted octanol–water partition coefficient (Wildman–Crippen LogP) is 1.30. The third kappa shape index (κ3) is 4.11. The summed E-state index contributed by atoms with van der Waals surface area (Å²) in [7, 11) is 3.69. The smallest absolute Gasteiger partial charge is 0.241 e. The molecule has 0 aromatic heterocycles. The van der Waals surface area contributed by atoms with Gasteiger partial charge < -0.3 is 15.7 Å². The quantitative estimate of drug-likeness (QED) is 0.834. The van der Waals surface area contributed by atoms with Crippen LogP contribution in [0.2, 0.25) is 0 Å². The average Bonchev–Trinajstić information content (AvgIpc) is 2.65. The Bertz CT molecular complexity index is 833. The molecule has 2 aromatic carbocycles. The van der Waals surface area contributed by atoms with E-state index in [0.29, 0.717) is 19.4 Å². The number of nitrogens with two attached hydrogens (primary N) is 1. The number of primary amides is 1. The molecule has 0 unspecified atom stereocenters. The van der Waals surface area contributed by atoms with Gasteiger partial charge in [-0.3, -0.25) is 14.5 Å². The van der Waals surface area contributed by atoms with E-state index in [9.17, 15) is 14.7 Å². The van der Waals surface area contributed by atoms with Crippen molar-refractivity contribution < 1.29 is 14.7 Å². The van der Waals surface area contributed by atoms with Gasteiger partial charge in [0.05, 0.1) is 6.04 Å². The first-order chi connectivity index (χ1) is 12.9. The Morgan fingerprint density at radius 2 is 1.78 bits per heavy atom. The number of aromatic hydroxyl groups is 1. The zero-order chi connectivity index (χ0) is 19.6. The van der Waals surface area contributed by atoms with Crippen LogP contribution in [0.4, 0.5) is 0 Å². The molecule has 0 radical (unpaired) electrons. The molecule has 27 heavy (non-hydrogen) atoms. The van der Waals surface area contributed by atoms with Gasteiger partial charge in [-0.15, -0.1) is 0 Å².